The molecule has 4 nitrogen and oxygen atoms in total. The molecule has 2 aliphatic rings. The van der Waals surface area contributed by atoms with Crippen molar-refractivity contribution in [3.05, 3.63) is 12.2 Å². The highest BCUT2D eigenvalue weighted by Crippen LogP contribution is 2.44. The molecule has 0 aromatic rings. The van der Waals surface area contributed by atoms with Crippen LogP contribution in [-0.4, -0.2) is 35.0 Å². The third-order valence-corrected chi connectivity index (χ3v) is 4.48. The molecular weight excluding hydrogens is 256 g/mol. The van der Waals surface area contributed by atoms with Gasteiger partial charge in [-0.3, -0.25) is 4.79 Å². The average molecular weight is 282 g/mol. The van der Waals surface area contributed by atoms with Crippen molar-refractivity contribution < 1.29 is 19.4 Å². The summed E-state index contributed by atoms with van der Waals surface area (Å²) in [5, 5.41) is 10.2. The molecule has 0 radical (unpaired) electrons. The minimum Gasteiger partial charge on any atom is -0.462 e. The van der Waals surface area contributed by atoms with Gasteiger partial charge in [-0.05, 0) is 38.5 Å². The van der Waals surface area contributed by atoms with Crippen LogP contribution in [0.15, 0.2) is 12.2 Å². The summed E-state index contributed by atoms with van der Waals surface area (Å²) in [6.07, 6.45) is 7.83. The molecule has 1 fully saturated rings. The second kappa shape index (κ2) is 6.27. The van der Waals surface area contributed by atoms with Crippen molar-refractivity contribution in [3.63, 3.8) is 0 Å². The van der Waals surface area contributed by atoms with Crippen LogP contribution in [0.2, 0.25) is 0 Å². The van der Waals surface area contributed by atoms with Crippen LogP contribution in [-0.2, 0) is 14.3 Å². The van der Waals surface area contributed by atoms with Gasteiger partial charge < -0.3 is 14.6 Å². The van der Waals surface area contributed by atoms with Gasteiger partial charge in [-0.1, -0.05) is 19.1 Å². The predicted molar refractivity (Wildman–Crippen MR) is 76.2 cm³/mol. The van der Waals surface area contributed by atoms with Gasteiger partial charge in [0.15, 0.2) is 0 Å². The molecule has 114 valence electrons. The van der Waals surface area contributed by atoms with E-state index in [0.717, 1.165) is 25.7 Å². The second-order valence-electron chi connectivity index (χ2n) is 6.40. The van der Waals surface area contributed by atoms with Crippen molar-refractivity contribution in [2.45, 2.75) is 76.8 Å². The van der Waals surface area contributed by atoms with Crippen molar-refractivity contribution in [3.8, 4) is 0 Å². The van der Waals surface area contributed by atoms with Crippen molar-refractivity contribution in [1.29, 1.82) is 0 Å². The Kier molecular flexibility index (Phi) is 4.86. The molecule has 4 heteroatoms. The monoisotopic (exact) mass is 282 g/mol. The SMILES string of the molecule is CC(=O)O[C@H]1C/C=C\C[C@@H](O)[C@@]2(C)O[C@@H]2CC[C@H](C)C1. The molecule has 2 rings (SSSR count). The quantitative estimate of drug-likeness (QED) is 0.456. The Morgan fingerprint density at radius 2 is 2.05 bits per heavy atom. The highest BCUT2D eigenvalue weighted by Gasteiger charge is 2.56. The topological polar surface area (TPSA) is 59.1 Å². The summed E-state index contributed by atoms with van der Waals surface area (Å²) in [6, 6.07) is 0. The molecule has 0 aromatic carbocycles. The van der Waals surface area contributed by atoms with Gasteiger partial charge in [0.25, 0.3) is 0 Å². The van der Waals surface area contributed by atoms with E-state index in [1.807, 2.05) is 19.1 Å². The van der Waals surface area contributed by atoms with Crippen LogP contribution >= 0.6 is 0 Å². The van der Waals surface area contributed by atoms with Crippen LogP contribution < -0.4 is 0 Å². The first-order valence-electron chi connectivity index (χ1n) is 7.60. The largest absolute Gasteiger partial charge is 0.462 e. The van der Waals surface area contributed by atoms with E-state index in [4.69, 9.17) is 9.47 Å². The van der Waals surface area contributed by atoms with Crippen LogP contribution in [0.25, 0.3) is 0 Å². The summed E-state index contributed by atoms with van der Waals surface area (Å²) >= 11 is 0. The lowest BCUT2D eigenvalue weighted by atomic mass is 9.90. The van der Waals surface area contributed by atoms with Gasteiger partial charge in [-0.25, -0.2) is 0 Å². The van der Waals surface area contributed by atoms with E-state index in [2.05, 4.69) is 6.92 Å². The Balaban J connectivity index is 1.99. The molecule has 0 aromatic heterocycles. The van der Waals surface area contributed by atoms with Crippen LogP contribution in [0.1, 0.15) is 52.9 Å². The maximum Gasteiger partial charge on any atom is 0.302 e. The maximum atomic E-state index is 11.1. The lowest BCUT2D eigenvalue weighted by Crippen LogP contribution is -2.29. The van der Waals surface area contributed by atoms with Gasteiger partial charge in [0.2, 0.25) is 0 Å². The summed E-state index contributed by atoms with van der Waals surface area (Å²) in [5.74, 6) is 0.263. The Morgan fingerprint density at radius 1 is 1.35 bits per heavy atom. The maximum absolute atomic E-state index is 11.1. The molecule has 0 amide bonds. The third-order valence-electron chi connectivity index (χ3n) is 4.48. The van der Waals surface area contributed by atoms with Crippen LogP contribution in [0.5, 0.6) is 0 Å². The fraction of sp³-hybridized carbons (Fsp3) is 0.812. The zero-order valence-corrected chi connectivity index (χ0v) is 12.7. The Hall–Kier alpha value is -0.870. The highest BCUT2D eigenvalue weighted by atomic mass is 16.6. The molecule has 1 aliphatic heterocycles. The fourth-order valence-electron chi connectivity index (χ4n) is 3.05. The molecule has 20 heavy (non-hydrogen) atoms. The van der Waals surface area contributed by atoms with Gasteiger partial charge in [0, 0.05) is 13.3 Å². The molecule has 0 unspecified atom stereocenters. The fourth-order valence-corrected chi connectivity index (χ4v) is 3.05. The number of rotatable bonds is 1. The minimum atomic E-state index is -0.453. The first-order chi connectivity index (χ1) is 9.41. The lowest BCUT2D eigenvalue weighted by molar-refractivity contribution is -0.146. The van der Waals surface area contributed by atoms with E-state index in [1.165, 1.54) is 6.92 Å². The summed E-state index contributed by atoms with van der Waals surface area (Å²) in [7, 11) is 0. The van der Waals surface area contributed by atoms with Gasteiger partial charge >= 0.3 is 5.97 Å². The van der Waals surface area contributed by atoms with Crippen LogP contribution in [0.4, 0.5) is 0 Å². The molecule has 1 N–H and O–H groups in total. The first-order valence-corrected chi connectivity index (χ1v) is 7.60. The van der Waals surface area contributed by atoms with Crippen LogP contribution in [0.3, 0.4) is 0 Å². The standard InChI is InChI=1S/C16H26O4/c1-11-8-9-15-16(3,20-15)14(18)7-5-4-6-13(10-11)19-12(2)17/h4-5,11,13-15,18H,6-10H2,1-3H3/b5-4-/t11-,13-,14+,15+,16+/m0/s1. The number of epoxide rings is 1. The molecule has 1 heterocycles. The van der Waals surface area contributed by atoms with Crippen molar-refractivity contribution in [2.24, 2.45) is 5.92 Å². The molecule has 1 saturated heterocycles. The zero-order chi connectivity index (χ0) is 14.8. The second-order valence-corrected chi connectivity index (χ2v) is 6.40. The predicted octanol–water partition coefficient (Wildman–Crippen LogP) is 2.59. The average Bonchev–Trinajstić information content (AvgIpc) is 3.02. The van der Waals surface area contributed by atoms with Crippen molar-refractivity contribution >= 4 is 5.97 Å². The number of ether oxygens (including phenoxy) is 2. The highest BCUT2D eigenvalue weighted by molar-refractivity contribution is 5.66. The number of fused-ring (bicyclic) bond motifs is 1. The van der Waals surface area contributed by atoms with E-state index in [1.54, 1.807) is 0 Å². The Labute approximate surface area is 121 Å². The van der Waals surface area contributed by atoms with E-state index in [9.17, 15) is 9.90 Å². The van der Waals surface area contributed by atoms with Gasteiger partial charge in [-0.15, -0.1) is 0 Å². The zero-order valence-electron chi connectivity index (χ0n) is 12.7. The van der Waals surface area contributed by atoms with Crippen LogP contribution in [0, 0.1) is 5.92 Å². The Morgan fingerprint density at radius 3 is 2.75 bits per heavy atom. The number of aliphatic hydroxyl groups is 1. The molecule has 1 aliphatic carbocycles. The van der Waals surface area contributed by atoms with Gasteiger partial charge in [0.1, 0.15) is 11.7 Å². The van der Waals surface area contributed by atoms with Crippen molar-refractivity contribution in [2.75, 3.05) is 0 Å². The van der Waals surface area contributed by atoms with E-state index in [-0.39, 0.29) is 23.8 Å². The molecular formula is C16H26O4. The molecule has 0 saturated carbocycles. The normalized spacial score (nSPS) is 43.6. The minimum absolute atomic E-state index is 0.0539. The third kappa shape index (κ3) is 3.83. The van der Waals surface area contributed by atoms with Crippen molar-refractivity contribution in [1.82, 2.24) is 0 Å². The Bertz CT molecular complexity index is 379. The number of hydrogen-bond donors (Lipinski definition) is 1. The number of carbonyl (C=O) groups is 1. The first kappa shape index (κ1) is 15.5. The summed E-state index contributed by atoms with van der Waals surface area (Å²) in [4.78, 5) is 11.1. The summed E-state index contributed by atoms with van der Waals surface area (Å²) in [6.45, 7) is 5.63. The van der Waals surface area contributed by atoms with E-state index < -0.39 is 6.10 Å². The molecule has 0 spiro atoms. The van der Waals surface area contributed by atoms with Gasteiger partial charge in [0.05, 0.1) is 12.2 Å². The number of carbonyl (C=O) groups excluding carboxylic acids is 1. The number of hydrogen-bond acceptors (Lipinski definition) is 4. The van der Waals surface area contributed by atoms with Gasteiger partial charge in [-0.2, -0.15) is 0 Å². The smallest absolute Gasteiger partial charge is 0.302 e. The lowest BCUT2D eigenvalue weighted by Gasteiger charge is -2.21. The summed E-state index contributed by atoms with van der Waals surface area (Å²) in [5.41, 5.74) is -0.363. The molecule has 5 atom stereocenters. The van der Waals surface area contributed by atoms with E-state index in [0.29, 0.717) is 12.3 Å². The number of esters is 1. The summed E-state index contributed by atoms with van der Waals surface area (Å²) < 4.78 is 11.1. The number of aliphatic hydroxyl groups excluding tert-OH is 1. The molecule has 0 bridgehead atoms. The van der Waals surface area contributed by atoms with E-state index >= 15 is 0 Å².